The summed E-state index contributed by atoms with van der Waals surface area (Å²) in [5.74, 6) is -5.34. The summed E-state index contributed by atoms with van der Waals surface area (Å²) in [6.45, 7) is -0.139. The summed E-state index contributed by atoms with van der Waals surface area (Å²) in [5.41, 5.74) is 0. The van der Waals surface area contributed by atoms with E-state index in [0.717, 1.165) is 24.3 Å². The Bertz CT molecular complexity index is 288. The summed E-state index contributed by atoms with van der Waals surface area (Å²) in [4.78, 5) is 10.8. The molecule has 1 saturated heterocycles. The summed E-state index contributed by atoms with van der Waals surface area (Å²) in [5, 5.41) is 1.66. The average Bonchev–Trinajstić information content (AvgIpc) is 2.28. The number of halogens is 5. The third kappa shape index (κ3) is 4.00. The van der Waals surface area contributed by atoms with Crippen molar-refractivity contribution in [2.45, 2.75) is 31.4 Å². The van der Waals surface area contributed by atoms with Gasteiger partial charge < -0.3 is 5.32 Å². The largest absolute Gasteiger partial charge is 0.463 e. The van der Waals surface area contributed by atoms with Crippen molar-refractivity contribution in [2.75, 3.05) is 18.1 Å². The third-order valence-electron chi connectivity index (χ3n) is 2.82. The Morgan fingerprint density at radius 2 is 1.72 bits per heavy atom. The lowest BCUT2D eigenvalue weighted by Gasteiger charge is -2.22. The minimum absolute atomic E-state index is 0.139. The van der Waals surface area contributed by atoms with E-state index in [9.17, 15) is 26.7 Å². The first kappa shape index (κ1) is 15.5. The van der Waals surface area contributed by atoms with Crippen LogP contribution < -0.4 is 5.32 Å². The maximum atomic E-state index is 12.5. The molecule has 1 heterocycles. The van der Waals surface area contributed by atoms with Crippen LogP contribution >= 0.6 is 11.8 Å². The number of rotatable bonds is 4. The van der Waals surface area contributed by atoms with E-state index >= 15 is 0 Å². The van der Waals surface area contributed by atoms with Gasteiger partial charge in [0.1, 0.15) is 0 Å². The molecule has 1 amide bonds. The minimum Gasteiger partial charge on any atom is -0.351 e. The molecule has 1 fully saturated rings. The molecule has 0 atom stereocenters. The first-order valence-corrected chi connectivity index (χ1v) is 6.71. The lowest BCUT2D eigenvalue weighted by molar-refractivity contribution is -0.269. The van der Waals surface area contributed by atoms with Crippen molar-refractivity contribution < 1.29 is 26.7 Å². The quantitative estimate of drug-likeness (QED) is 0.807. The molecule has 0 aromatic heterocycles. The average molecular weight is 291 g/mol. The second-order valence-corrected chi connectivity index (χ2v) is 5.40. The van der Waals surface area contributed by atoms with Gasteiger partial charge in [0, 0.05) is 6.54 Å². The van der Waals surface area contributed by atoms with E-state index < -0.39 is 18.0 Å². The fraction of sp³-hybridized carbons (Fsp3) is 0.900. The summed E-state index contributed by atoms with van der Waals surface area (Å²) < 4.78 is 60.7. The van der Waals surface area contributed by atoms with Crippen molar-refractivity contribution in [3.63, 3.8) is 0 Å². The normalized spacial score (nSPS) is 18.7. The Labute approximate surface area is 106 Å². The lowest BCUT2D eigenvalue weighted by Crippen LogP contribution is -2.50. The van der Waals surface area contributed by atoms with E-state index in [4.69, 9.17) is 0 Å². The zero-order chi connectivity index (χ0) is 13.8. The van der Waals surface area contributed by atoms with Crippen LogP contribution in [0.3, 0.4) is 0 Å². The van der Waals surface area contributed by atoms with Crippen molar-refractivity contribution in [3.8, 4) is 0 Å². The fourth-order valence-electron chi connectivity index (χ4n) is 1.66. The minimum atomic E-state index is -5.83. The monoisotopic (exact) mass is 291 g/mol. The highest BCUT2D eigenvalue weighted by molar-refractivity contribution is 7.99. The second kappa shape index (κ2) is 6.08. The Morgan fingerprint density at radius 3 is 2.22 bits per heavy atom. The summed E-state index contributed by atoms with van der Waals surface area (Å²) in [6.07, 6.45) is -3.56. The molecule has 8 heteroatoms. The molecule has 1 rings (SSSR count). The van der Waals surface area contributed by atoms with E-state index in [-0.39, 0.29) is 6.54 Å². The van der Waals surface area contributed by atoms with Gasteiger partial charge in [0.05, 0.1) is 0 Å². The molecule has 1 N–H and O–H groups in total. The highest BCUT2D eigenvalue weighted by Gasteiger charge is 2.63. The van der Waals surface area contributed by atoms with Crippen LogP contribution in [0.15, 0.2) is 0 Å². The molecular formula is C10H14F5NOS. The van der Waals surface area contributed by atoms with Gasteiger partial charge in [0.25, 0.3) is 5.91 Å². The Hall–Kier alpha value is -0.530. The molecule has 0 aromatic rings. The van der Waals surface area contributed by atoms with Crippen LogP contribution in [0.4, 0.5) is 22.0 Å². The van der Waals surface area contributed by atoms with Crippen molar-refractivity contribution in [2.24, 2.45) is 5.92 Å². The predicted molar refractivity (Wildman–Crippen MR) is 58.7 cm³/mol. The van der Waals surface area contributed by atoms with Crippen LogP contribution in [0.2, 0.25) is 0 Å². The van der Waals surface area contributed by atoms with E-state index in [2.05, 4.69) is 0 Å². The molecule has 1 aliphatic rings. The van der Waals surface area contributed by atoms with Gasteiger partial charge in [-0.3, -0.25) is 4.79 Å². The third-order valence-corrected chi connectivity index (χ3v) is 3.87. The zero-order valence-corrected chi connectivity index (χ0v) is 10.3. The zero-order valence-electron chi connectivity index (χ0n) is 9.53. The number of carbonyl (C=O) groups is 1. The number of carbonyl (C=O) groups excluding carboxylic acids is 1. The van der Waals surface area contributed by atoms with Crippen LogP contribution in [0.1, 0.15) is 19.3 Å². The van der Waals surface area contributed by atoms with E-state index in [1.54, 1.807) is 17.1 Å². The lowest BCUT2D eigenvalue weighted by atomic mass is 9.99. The van der Waals surface area contributed by atoms with Gasteiger partial charge in [-0.25, -0.2) is 0 Å². The van der Waals surface area contributed by atoms with Crippen molar-refractivity contribution in [1.82, 2.24) is 5.32 Å². The molecule has 0 aliphatic carbocycles. The van der Waals surface area contributed by atoms with Gasteiger partial charge in [-0.15, -0.1) is 0 Å². The number of amides is 1. The topological polar surface area (TPSA) is 29.1 Å². The molecule has 0 bridgehead atoms. The smallest absolute Gasteiger partial charge is 0.351 e. The number of thioether (sulfide) groups is 1. The molecule has 0 unspecified atom stereocenters. The molecule has 106 valence electrons. The molecular weight excluding hydrogens is 277 g/mol. The van der Waals surface area contributed by atoms with Crippen LogP contribution in [-0.4, -0.2) is 36.1 Å². The van der Waals surface area contributed by atoms with Gasteiger partial charge in [0.2, 0.25) is 0 Å². The molecule has 0 aromatic carbocycles. The summed E-state index contributed by atoms with van der Waals surface area (Å²) in [7, 11) is 0. The highest BCUT2D eigenvalue weighted by atomic mass is 32.2. The maximum Gasteiger partial charge on any atom is 0.463 e. The fourth-order valence-corrected chi connectivity index (χ4v) is 2.87. The van der Waals surface area contributed by atoms with Crippen molar-refractivity contribution in [1.29, 1.82) is 0 Å². The van der Waals surface area contributed by atoms with Crippen LogP contribution in [-0.2, 0) is 4.79 Å². The van der Waals surface area contributed by atoms with Crippen LogP contribution in [0, 0.1) is 5.92 Å². The Kier molecular flexibility index (Phi) is 5.24. The molecule has 0 saturated carbocycles. The highest BCUT2D eigenvalue weighted by Crippen LogP contribution is 2.35. The molecule has 18 heavy (non-hydrogen) atoms. The van der Waals surface area contributed by atoms with Crippen molar-refractivity contribution in [3.05, 3.63) is 0 Å². The number of hydrogen-bond acceptors (Lipinski definition) is 2. The Morgan fingerprint density at radius 1 is 1.17 bits per heavy atom. The first-order chi connectivity index (χ1) is 8.25. The first-order valence-electron chi connectivity index (χ1n) is 5.55. The van der Waals surface area contributed by atoms with E-state index in [1.165, 1.54) is 0 Å². The Balaban J connectivity index is 2.32. The predicted octanol–water partition coefficient (Wildman–Crippen LogP) is 2.83. The van der Waals surface area contributed by atoms with Gasteiger partial charge >= 0.3 is 12.1 Å². The van der Waals surface area contributed by atoms with E-state index in [1.807, 2.05) is 0 Å². The number of hydrogen-bond donors (Lipinski definition) is 1. The van der Waals surface area contributed by atoms with Crippen LogP contribution in [0.5, 0.6) is 0 Å². The number of nitrogens with one attached hydrogen (secondary N) is 1. The summed E-state index contributed by atoms with van der Waals surface area (Å²) >= 11 is 1.79. The summed E-state index contributed by atoms with van der Waals surface area (Å²) in [6, 6.07) is 0. The van der Waals surface area contributed by atoms with Crippen LogP contribution in [0.25, 0.3) is 0 Å². The van der Waals surface area contributed by atoms with Gasteiger partial charge in [-0.05, 0) is 36.7 Å². The molecule has 0 radical (unpaired) electrons. The number of alkyl halides is 5. The second-order valence-electron chi connectivity index (χ2n) is 4.17. The van der Waals surface area contributed by atoms with Gasteiger partial charge in [-0.1, -0.05) is 0 Å². The van der Waals surface area contributed by atoms with Gasteiger partial charge in [-0.2, -0.15) is 33.7 Å². The molecule has 0 spiro atoms. The van der Waals surface area contributed by atoms with E-state index in [0.29, 0.717) is 12.3 Å². The van der Waals surface area contributed by atoms with Gasteiger partial charge in [0.15, 0.2) is 0 Å². The SMILES string of the molecule is O=C(NCCC1CCSCC1)C(F)(F)C(F)(F)F. The maximum absolute atomic E-state index is 12.5. The van der Waals surface area contributed by atoms with Crippen molar-refractivity contribution >= 4 is 17.7 Å². The molecule has 1 aliphatic heterocycles. The standard InChI is InChI=1S/C10H14F5NOS/c11-9(12,10(13,14)15)8(17)16-4-1-7-2-5-18-6-3-7/h7H,1-6H2,(H,16,17). The molecule has 2 nitrogen and oxygen atoms in total.